The molecule has 7 nitrogen and oxygen atoms in total. The van der Waals surface area contributed by atoms with Gasteiger partial charge in [0.25, 0.3) is 11.6 Å². The average Bonchev–Trinajstić information content (AvgIpc) is 2.95. The first kappa shape index (κ1) is 19.1. The molecule has 0 saturated carbocycles. The third-order valence-corrected chi connectivity index (χ3v) is 5.18. The lowest BCUT2D eigenvalue weighted by Crippen LogP contribution is -2.13. The largest absolute Gasteiger partial charge is 0.320 e. The summed E-state index contributed by atoms with van der Waals surface area (Å²) in [5.74, 6) is -0.450. The average molecular weight is 447 g/mol. The number of carbonyl (C=O) groups is 1. The third kappa shape index (κ3) is 4.75. The smallest absolute Gasteiger partial charge is 0.277 e. The first-order valence-electron chi connectivity index (χ1n) is 7.86. The van der Waals surface area contributed by atoms with Crippen molar-refractivity contribution in [3.63, 3.8) is 0 Å². The van der Waals surface area contributed by atoms with E-state index in [0.29, 0.717) is 15.1 Å². The lowest BCUT2D eigenvalue weighted by Gasteiger charge is -2.08. The van der Waals surface area contributed by atoms with Gasteiger partial charge < -0.3 is 5.32 Å². The first-order valence-corrected chi connectivity index (χ1v) is 9.47. The van der Waals surface area contributed by atoms with Crippen LogP contribution in [0.2, 0.25) is 0 Å². The summed E-state index contributed by atoms with van der Waals surface area (Å²) in [5, 5.41) is 18.0. The Kier molecular flexibility index (Phi) is 5.62. The fourth-order valence-electron chi connectivity index (χ4n) is 2.37. The number of nitrogens with one attached hydrogen (secondary N) is 1. The molecule has 1 aromatic heterocycles. The van der Waals surface area contributed by atoms with Crippen molar-refractivity contribution in [2.45, 2.75) is 16.7 Å². The predicted octanol–water partition coefficient (Wildman–Crippen LogP) is 4.80. The Labute approximate surface area is 168 Å². The quantitative estimate of drug-likeness (QED) is 0.448. The molecule has 0 saturated heterocycles. The van der Waals surface area contributed by atoms with Crippen LogP contribution in [0.4, 0.5) is 11.4 Å². The molecule has 1 heterocycles. The summed E-state index contributed by atoms with van der Waals surface area (Å²) in [5.41, 5.74) is 1.58. The molecule has 1 amide bonds. The number of nitrogens with zero attached hydrogens (tertiary/aromatic N) is 3. The Morgan fingerprint density at radius 3 is 2.52 bits per heavy atom. The zero-order chi connectivity index (χ0) is 19.6. The Morgan fingerprint density at radius 1 is 1.22 bits per heavy atom. The number of non-ortho nitro benzene ring substituents is 1. The molecule has 0 aliphatic rings. The lowest BCUT2D eigenvalue weighted by molar-refractivity contribution is -0.385. The summed E-state index contributed by atoms with van der Waals surface area (Å²) < 4.78 is 2.05. The maximum atomic E-state index is 12.4. The number of rotatable bonds is 5. The minimum atomic E-state index is -0.481. The van der Waals surface area contributed by atoms with E-state index in [9.17, 15) is 14.9 Å². The number of carbonyl (C=O) groups excluding carboxylic acids is 1. The van der Waals surface area contributed by atoms with E-state index in [2.05, 4.69) is 26.3 Å². The SMILES string of the molecule is Cc1ccc(Sc2cc(NC(=O)c3nn(C)cc3Br)cc([N+](=O)[O-])c2)cc1. The van der Waals surface area contributed by atoms with Crippen molar-refractivity contribution >= 4 is 45.0 Å². The summed E-state index contributed by atoms with van der Waals surface area (Å²) in [4.78, 5) is 24.8. The topological polar surface area (TPSA) is 90.1 Å². The molecule has 9 heteroatoms. The number of halogens is 1. The second-order valence-electron chi connectivity index (χ2n) is 5.84. The molecule has 0 spiro atoms. The molecule has 138 valence electrons. The summed E-state index contributed by atoms with van der Waals surface area (Å²) in [6.07, 6.45) is 1.65. The van der Waals surface area contributed by atoms with Crippen LogP contribution in [0.1, 0.15) is 16.1 Å². The molecule has 3 rings (SSSR count). The van der Waals surface area contributed by atoms with E-state index in [0.717, 1.165) is 10.5 Å². The highest BCUT2D eigenvalue weighted by Gasteiger charge is 2.17. The van der Waals surface area contributed by atoms with Crippen LogP contribution in [-0.2, 0) is 7.05 Å². The van der Waals surface area contributed by atoms with Gasteiger partial charge >= 0.3 is 0 Å². The monoisotopic (exact) mass is 446 g/mol. The van der Waals surface area contributed by atoms with Crippen LogP contribution < -0.4 is 5.32 Å². The van der Waals surface area contributed by atoms with Crippen molar-refractivity contribution in [1.29, 1.82) is 0 Å². The Morgan fingerprint density at radius 2 is 1.93 bits per heavy atom. The predicted molar refractivity (Wildman–Crippen MR) is 107 cm³/mol. The molecule has 1 N–H and O–H groups in total. The molecule has 27 heavy (non-hydrogen) atoms. The minimum absolute atomic E-state index is 0.0949. The molecule has 3 aromatic rings. The fourth-order valence-corrected chi connectivity index (χ4v) is 3.83. The molecule has 0 radical (unpaired) electrons. The Hall–Kier alpha value is -2.65. The van der Waals surface area contributed by atoms with Crippen LogP contribution in [0, 0.1) is 17.0 Å². The molecule has 0 fully saturated rings. The third-order valence-electron chi connectivity index (χ3n) is 3.62. The maximum Gasteiger partial charge on any atom is 0.277 e. The van der Waals surface area contributed by atoms with Crippen LogP contribution in [0.25, 0.3) is 0 Å². The van der Waals surface area contributed by atoms with Gasteiger partial charge in [-0.15, -0.1) is 0 Å². The van der Waals surface area contributed by atoms with Gasteiger partial charge in [0.05, 0.1) is 9.40 Å². The van der Waals surface area contributed by atoms with Crippen LogP contribution in [-0.4, -0.2) is 20.6 Å². The normalized spacial score (nSPS) is 10.6. The van der Waals surface area contributed by atoms with E-state index in [1.165, 1.54) is 28.6 Å². The zero-order valence-corrected chi connectivity index (χ0v) is 16.9. The summed E-state index contributed by atoms with van der Waals surface area (Å²) >= 11 is 4.66. The van der Waals surface area contributed by atoms with Crippen LogP contribution in [0.3, 0.4) is 0 Å². The van der Waals surface area contributed by atoms with Gasteiger partial charge in [-0.3, -0.25) is 19.6 Å². The molecular formula is C18H15BrN4O3S. The summed E-state index contributed by atoms with van der Waals surface area (Å²) in [6, 6.07) is 12.4. The fraction of sp³-hybridized carbons (Fsp3) is 0.111. The van der Waals surface area contributed by atoms with Gasteiger partial charge in [-0.1, -0.05) is 29.5 Å². The van der Waals surface area contributed by atoms with Crippen LogP contribution in [0.15, 0.2) is 62.9 Å². The van der Waals surface area contributed by atoms with E-state index in [1.807, 2.05) is 31.2 Å². The van der Waals surface area contributed by atoms with Gasteiger partial charge in [0.2, 0.25) is 0 Å². The van der Waals surface area contributed by atoms with E-state index in [4.69, 9.17) is 0 Å². The molecule has 0 aliphatic carbocycles. The number of benzene rings is 2. The maximum absolute atomic E-state index is 12.4. The molecule has 0 unspecified atom stereocenters. The standard InChI is InChI=1S/C18H15BrN4O3S/c1-11-3-5-14(6-4-11)27-15-8-12(7-13(9-15)23(25)26)20-18(24)17-16(19)10-22(2)21-17/h3-10H,1-2H3,(H,20,24). The Bertz CT molecular complexity index is 1020. The van der Waals surface area contributed by atoms with Gasteiger partial charge in [0.1, 0.15) is 0 Å². The number of nitro groups is 1. The van der Waals surface area contributed by atoms with E-state index < -0.39 is 10.8 Å². The highest BCUT2D eigenvalue weighted by Crippen LogP contribution is 2.33. The summed E-state index contributed by atoms with van der Waals surface area (Å²) in [6.45, 7) is 1.99. The molecule has 2 aromatic carbocycles. The van der Waals surface area contributed by atoms with E-state index in [-0.39, 0.29) is 11.4 Å². The molecular weight excluding hydrogens is 432 g/mol. The van der Waals surface area contributed by atoms with Crippen molar-refractivity contribution < 1.29 is 9.72 Å². The van der Waals surface area contributed by atoms with Crippen molar-refractivity contribution in [1.82, 2.24) is 9.78 Å². The van der Waals surface area contributed by atoms with Gasteiger partial charge in [0, 0.05) is 40.9 Å². The number of anilines is 1. The van der Waals surface area contributed by atoms with E-state index in [1.54, 1.807) is 19.3 Å². The van der Waals surface area contributed by atoms with Gasteiger partial charge in [-0.25, -0.2) is 0 Å². The van der Waals surface area contributed by atoms with Crippen molar-refractivity contribution in [3.05, 3.63) is 74.5 Å². The first-order chi connectivity index (χ1) is 12.8. The zero-order valence-electron chi connectivity index (χ0n) is 14.5. The van der Waals surface area contributed by atoms with Crippen LogP contribution in [0.5, 0.6) is 0 Å². The number of nitro benzene ring substituents is 1. The summed E-state index contributed by atoms with van der Waals surface area (Å²) in [7, 11) is 1.70. The number of hydrogen-bond donors (Lipinski definition) is 1. The van der Waals surface area contributed by atoms with Crippen molar-refractivity contribution in [3.8, 4) is 0 Å². The molecule has 0 bridgehead atoms. The lowest BCUT2D eigenvalue weighted by atomic mass is 10.2. The Balaban J connectivity index is 1.89. The van der Waals surface area contributed by atoms with Crippen LogP contribution >= 0.6 is 27.7 Å². The highest BCUT2D eigenvalue weighted by molar-refractivity contribution is 9.10. The highest BCUT2D eigenvalue weighted by atomic mass is 79.9. The van der Waals surface area contributed by atoms with Gasteiger partial charge in [0.15, 0.2) is 5.69 Å². The van der Waals surface area contributed by atoms with E-state index >= 15 is 0 Å². The molecule has 0 aliphatic heterocycles. The number of hydrogen-bond acceptors (Lipinski definition) is 5. The van der Waals surface area contributed by atoms with Gasteiger partial charge in [-0.05, 0) is 41.1 Å². The van der Waals surface area contributed by atoms with Crippen molar-refractivity contribution in [2.75, 3.05) is 5.32 Å². The second-order valence-corrected chi connectivity index (χ2v) is 7.84. The number of amides is 1. The van der Waals surface area contributed by atoms with Crippen molar-refractivity contribution in [2.24, 2.45) is 7.05 Å². The molecule has 0 atom stereocenters. The number of aromatic nitrogens is 2. The number of aryl methyl sites for hydroxylation is 2. The van der Waals surface area contributed by atoms with Gasteiger partial charge in [-0.2, -0.15) is 5.10 Å². The minimum Gasteiger partial charge on any atom is -0.320 e. The second kappa shape index (κ2) is 7.93.